The summed E-state index contributed by atoms with van der Waals surface area (Å²) in [7, 11) is -1.80. The molecule has 0 N–H and O–H groups in total. The lowest BCUT2D eigenvalue weighted by molar-refractivity contribution is 0.383. The largest absolute Gasteiger partial charge is 0.530 e. The van der Waals surface area contributed by atoms with E-state index in [0.717, 1.165) is 11.3 Å². The van der Waals surface area contributed by atoms with Crippen LogP contribution in [0.15, 0.2) is 140 Å². The molecular formula is C36H35O3P. The molecule has 0 bridgehead atoms. The average Bonchev–Trinajstić information content (AvgIpc) is 2.99. The van der Waals surface area contributed by atoms with E-state index in [0.29, 0.717) is 11.5 Å². The first-order chi connectivity index (χ1) is 19.3. The van der Waals surface area contributed by atoms with Gasteiger partial charge in [0, 0.05) is 16.4 Å². The van der Waals surface area contributed by atoms with E-state index < -0.39 is 8.60 Å². The lowest BCUT2D eigenvalue weighted by atomic mass is 9.73. The standard InChI is InChI=1S/C36H35O3P/c1-35(2,28-17-9-5-10-18-28)30-25-26-34(33(27-30)36(3,4)29-19-11-6-12-20-29)39-40(37-31-21-13-7-14-22-31)38-32-23-15-8-16-24-32/h5-27H,1-4H3. The second kappa shape index (κ2) is 12.0. The van der Waals surface area contributed by atoms with E-state index in [9.17, 15) is 0 Å². The smallest absolute Gasteiger partial charge is 0.409 e. The molecule has 0 aliphatic rings. The van der Waals surface area contributed by atoms with Crippen LogP contribution in [0.2, 0.25) is 0 Å². The van der Waals surface area contributed by atoms with Crippen LogP contribution in [0.25, 0.3) is 0 Å². The summed E-state index contributed by atoms with van der Waals surface area (Å²) in [6, 6.07) is 47.0. The first-order valence-electron chi connectivity index (χ1n) is 13.5. The molecule has 40 heavy (non-hydrogen) atoms. The minimum atomic E-state index is -1.80. The van der Waals surface area contributed by atoms with Crippen LogP contribution >= 0.6 is 8.60 Å². The molecule has 5 rings (SSSR count). The van der Waals surface area contributed by atoms with Gasteiger partial charge in [0.05, 0.1) is 0 Å². The Labute approximate surface area is 239 Å². The maximum absolute atomic E-state index is 6.66. The molecule has 0 saturated heterocycles. The maximum Gasteiger partial charge on any atom is 0.530 e. The van der Waals surface area contributed by atoms with Crippen LogP contribution < -0.4 is 13.6 Å². The van der Waals surface area contributed by atoms with Crippen molar-refractivity contribution in [3.8, 4) is 17.2 Å². The topological polar surface area (TPSA) is 27.7 Å². The molecule has 0 aliphatic heterocycles. The Morgan fingerprint density at radius 2 is 0.850 bits per heavy atom. The van der Waals surface area contributed by atoms with Crippen molar-refractivity contribution >= 4 is 8.60 Å². The van der Waals surface area contributed by atoms with Crippen LogP contribution in [0.3, 0.4) is 0 Å². The van der Waals surface area contributed by atoms with Gasteiger partial charge in [0.15, 0.2) is 0 Å². The molecule has 0 saturated carbocycles. The molecule has 202 valence electrons. The Kier molecular flexibility index (Phi) is 8.24. The van der Waals surface area contributed by atoms with Crippen LogP contribution in [-0.4, -0.2) is 0 Å². The van der Waals surface area contributed by atoms with Crippen molar-refractivity contribution in [3.63, 3.8) is 0 Å². The van der Waals surface area contributed by atoms with Crippen LogP contribution in [0, 0.1) is 0 Å². The Morgan fingerprint density at radius 3 is 1.32 bits per heavy atom. The molecule has 0 heterocycles. The molecule has 0 aliphatic carbocycles. The second-order valence-electron chi connectivity index (χ2n) is 10.8. The fourth-order valence-electron chi connectivity index (χ4n) is 4.79. The number of hydrogen-bond acceptors (Lipinski definition) is 3. The minimum absolute atomic E-state index is 0.201. The Morgan fingerprint density at radius 1 is 0.425 bits per heavy atom. The second-order valence-corrected chi connectivity index (χ2v) is 11.8. The predicted molar refractivity (Wildman–Crippen MR) is 165 cm³/mol. The minimum Gasteiger partial charge on any atom is -0.409 e. The van der Waals surface area contributed by atoms with Gasteiger partial charge < -0.3 is 13.6 Å². The molecule has 3 nitrogen and oxygen atoms in total. The van der Waals surface area contributed by atoms with Crippen molar-refractivity contribution in [2.75, 3.05) is 0 Å². The lowest BCUT2D eigenvalue weighted by Gasteiger charge is -2.32. The van der Waals surface area contributed by atoms with Gasteiger partial charge in [-0.15, -0.1) is 0 Å². The molecule has 0 fully saturated rings. The molecule has 0 aromatic heterocycles. The van der Waals surface area contributed by atoms with Gasteiger partial charge in [0.1, 0.15) is 17.2 Å². The van der Waals surface area contributed by atoms with Crippen LogP contribution in [0.1, 0.15) is 49.9 Å². The summed E-state index contributed by atoms with van der Waals surface area (Å²) in [5.74, 6) is 2.12. The Hall–Kier alpha value is -4.07. The van der Waals surface area contributed by atoms with Gasteiger partial charge in [-0.3, -0.25) is 0 Å². The average molecular weight is 547 g/mol. The van der Waals surface area contributed by atoms with E-state index in [1.807, 2.05) is 66.7 Å². The monoisotopic (exact) mass is 546 g/mol. The molecule has 0 spiro atoms. The van der Waals surface area contributed by atoms with Gasteiger partial charge in [-0.25, -0.2) is 0 Å². The zero-order chi connectivity index (χ0) is 28.0. The molecule has 5 aromatic rings. The fraction of sp³-hybridized carbons (Fsp3) is 0.167. The summed E-state index contributed by atoms with van der Waals surface area (Å²) in [5.41, 5.74) is 4.19. The van der Waals surface area contributed by atoms with Crippen molar-refractivity contribution in [1.82, 2.24) is 0 Å². The van der Waals surface area contributed by atoms with Crippen LogP contribution in [-0.2, 0) is 10.8 Å². The van der Waals surface area contributed by atoms with E-state index >= 15 is 0 Å². The third kappa shape index (κ3) is 6.22. The molecule has 4 heteroatoms. The van der Waals surface area contributed by atoms with Gasteiger partial charge in [0.25, 0.3) is 0 Å². The van der Waals surface area contributed by atoms with Crippen molar-refractivity contribution in [2.24, 2.45) is 0 Å². The third-order valence-electron chi connectivity index (χ3n) is 7.38. The van der Waals surface area contributed by atoms with Gasteiger partial charge in [-0.1, -0.05) is 137 Å². The molecule has 0 unspecified atom stereocenters. The van der Waals surface area contributed by atoms with Gasteiger partial charge in [-0.2, -0.15) is 0 Å². The summed E-state index contributed by atoms with van der Waals surface area (Å²) >= 11 is 0. The zero-order valence-corrected chi connectivity index (χ0v) is 24.3. The highest BCUT2D eigenvalue weighted by atomic mass is 31.2. The van der Waals surface area contributed by atoms with Gasteiger partial charge in [-0.05, 0) is 47.0 Å². The first kappa shape index (κ1) is 27.5. The summed E-state index contributed by atoms with van der Waals surface area (Å²) in [6.07, 6.45) is 0. The third-order valence-corrected chi connectivity index (χ3v) is 8.45. The van der Waals surface area contributed by atoms with Crippen molar-refractivity contribution in [3.05, 3.63) is 162 Å². The van der Waals surface area contributed by atoms with E-state index in [-0.39, 0.29) is 10.8 Å². The van der Waals surface area contributed by atoms with E-state index in [4.69, 9.17) is 13.6 Å². The van der Waals surface area contributed by atoms with Crippen molar-refractivity contribution in [2.45, 2.75) is 38.5 Å². The highest BCUT2D eigenvalue weighted by Gasteiger charge is 2.32. The zero-order valence-electron chi connectivity index (χ0n) is 23.5. The number of benzene rings is 5. The highest BCUT2D eigenvalue weighted by Crippen LogP contribution is 2.47. The molecule has 0 amide bonds. The van der Waals surface area contributed by atoms with Crippen LogP contribution in [0.4, 0.5) is 0 Å². The highest BCUT2D eigenvalue weighted by molar-refractivity contribution is 7.43. The quantitative estimate of drug-likeness (QED) is 0.163. The molecule has 0 radical (unpaired) electrons. The van der Waals surface area contributed by atoms with Gasteiger partial charge >= 0.3 is 8.60 Å². The summed E-state index contributed by atoms with van der Waals surface area (Å²) in [5, 5.41) is 0. The van der Waals surface area contributed by atoms with Crippen molar-refractivity contribution in [1.29, 1.82) is 0 Å². The molecule has 5 aromatic carbocycles. The normalized spacial score (nSPS) is 11.7. The number of para-hydroxylation sites is 2. The van der Waals surface area contributed by atoms with Crippen LogP contribution in [0.5, 0.6) is 17.2 Å². The van der Waals surface area contributed by atoms with Crippen molar-refractivity contribution < 1.29 is 13.6 Å². The van der Waals surface area contributed by atoms with Gasteiger partial charge in [0.2, 0.25) is 0 Å². The van der Waals surface area contributed by atoms with E-state index in [1.54, 1.807) is 0 Å². The van der Waals surface area contributed by atoms with E-state index in [1.165, 1.54) is 16.7 Å². The summed E-state index contributed by atoms with van der Waals surface area (Å²) < 4.78 is 19.2. The SMILES string of the molecule is CC(C)(c1ccccc1)c1ccc(OP(Oc2ccccc2)Oc2ccccc2)c(C(C)(C)c2ccccc2)c1. The summed E-state index contributed by atoms with van der Waals surface area (Å²) in [6.45, 7) is 9.01. The predicted octanol–water partition coefficient (Wildman–Crippen LogP) is 10.1. The first-order valence-corrected chi connectivity index (χ1v) is 14.6. The number of hydrogen-bond donors (Lipinski definition) is 0. The molecule has 0 atom stereocenters. The number of rotatable bonds is 10. The Balaban J connectivity index is 1.58. The Bertz CT molecular complexity index is 1460. The summed E-state index contributed by atoms with van der Waals surface area (Å²) in [4.78, 5) is 0. The molecular weight excluding hydrogens is 511 g/mol. The lowest BCUT2D eigenvalue weighted by Crippen LogP contribution is -2.24. The van der Waals surface area contributed by atoms with E-state index in [2.05, 4.69) is 100 Å². The maximum atomic E-state index is 6.66. The fourth-order valence-corrected chi connectivity index (χ4v) is 5.81.